The summed E-state index contributed by atoms with van der Waals surface area (Å²) in [6.45, 7) is 8.98. The van der Waals surface area contributed by atoms with Crippen LogP contribution in [-0.2, 0) is 17.8 Å². The van der Waals surface area contributed by atoms with Gasteiger partial charge in [0.15, 0.2) is 0 Å². The minimum absolute atomic E-state index is 0.0517. The first-order valence-electron chi connectivity index (χ1n) is 6.25. The molecule has 0 atom stereocenters. The lowest BCUT2D eigenvalue weighted by molar-refractivity contribution is -0.122. The highest BCUT2D eigenvalue weighted by Crippen LogP contribution is 2.17. The van der Waals surface area contributed by atoms with Crippen LogP contribution in [-0.4, -0.2) is 5.91 Å². The van der Waals surface area contributed by atoms with E-state index in [1.54, 1.807) is 0 Å². The van der Waals surface area contributed by atoms with Gasteiger partial charge in [-0.15, -0.1) is 0 Å². The first-order valence-corrected chi connectivity index (χ1v) is 6.25. The van der Waals surface area contributed by atoms with E-state index in [0.717, 1.165) is 12.0 Å². The molecule has 0 unspecified atom stereocenters. The van der Waals surface area contributed by atoms with Crippen molar-refractivity contribution in [2.45, 2.75) is 47.1 Å². The van der Waals surface area contributed by atoms with Gasteiger partial charge in [-0.05, 0) is 23.0 Å². The first-order chi connectivity index (χ1) is 7.90. The van der Waals surface area contributed by atoms with Crippen molar-refractivity contribution in [3.63, 3.8) is 0 Å². The molecule has 1 aromatic rings. The Morgan fingerprint density at radius 3 is 2.12 bits per heavy atom. The Hall–Kier alpha value is -1.31. The van der Waals surface area contributed by atoms with Crippen LogP contribution < -0.4 is 5.32 Å². The normalized spacial score (nSPS) is 11.3. The second-order valence-corrected chi connectivity index (χ2v) is 5.68. The minimum atomic E-state index is 0.0517. The summed E-state index contributed by atoms with van der Waals surface area (Å²) in [6, 6.07) is 8.39. The third kappa shape index (κ3) is 5.53. The highest BCUT2D eigenvalue weighted by atomic mass is 16.1. The van der Waals surface area contributed by atoms with Crippen molar-refractivity contribution in [3.05, 3.63) is 35.4 Å². The fourth-order valence-electron chi connectivity index (χ4n) is 1.64. The molecule has 0 fully saturated rings. The minimum Gasteiger partial charge on any atom is -0.352 e. The van der Waals surface area contributed by atoms with Gasteiger partial charge in [-0.25, -0.2) is 0 Å². The summed E-state index contributed by atoms with van der Waals surface area (Å²) >= 11 is 0. The van der Waals surface area contributed by atoms with Gasteiger partial charge in [-0.2, -0.15) is 0 Å². The molecule has 0 spiro atoms. The summed E-state index contributed by atoms with van der Waals surface area (Å²) in [5.74, 6) is 0.122. The quantitative estimate of drug-likeness (QED) is 0.849. The predicted molar refractivity (Wildman–Crippen MR) is 71.7 cm³/mol. The SMILES string of the molecule is CCc1ccc(CNC(=O)CC(C)(C)C)cc1. The van der Waals surface area contributed by atoms with Gasteiger partial charge in [-0.1, -0.05) is 52.0 Å². The van der Waals surface area contributed by atoms with Gasteiger partial charge >= 0.3 is 0 Å². The maximum atomic E-state index is 11.6. The summed E-state index contributed by atoms with van der Waals surface area (Å²) in [7, 11) is 0. The summed E-state index contributed by atoms with van der Waals surface area (Å²) in [5.41, 5.74) is 2.54. The van der Waals surface area contributed by atoms with Crippen LogP contribution in [0.5, 0.6) is 0 Å². The monoisotopic (exact) mass is 233 g/mol. The van der Waals surface area contributed by atoms with Crippen molar-refractivity contribution in [3.8, 4) is 0 Å². The van der Waals surface area contributed by atoms with Gasteiger partial charge in [0.1, 0.15) is 0 Å². The first kappa shape index (κ1) is 13.8. The van der Waals surface area contributed by atoms with E-state index in [-0.39, 0.29) is 11.3 Å². The maximum absolute atomic E-state index is 11.6. The van der Waals surface area contributed by atoms with E-state index in [1.807, 2.05) is 0 Å². The standard InChI is InChI=1S/C15H23NO/c1-5-12-6-8-13(9-7-12)11-16-14(17)10-15(2,3)4/h6-9H,5,10-11H2,1-4H3,(H,16,17). The highest BCUT2D eigenvalue weighted by molar-refractivity contribution is 5.76. The van der Waals surface area contributed by atoms with Crippen LogP contribution in [0.15, 0.2) is 24.3 Å². The van der Waals surface area contributed by atoms with Crippen LogP contribution >= 0.6 is 0 Å². The van der Waals surface area contributed by atoms with E-state index in [0.29, 0.717) is 13.0 Å². The zero-order valence-corrected chi connectivity index (χ0v) is 11.3. The van der Waals surface area contributed by atoms with Crippen LogP contribution in [0.25, 0.3) is 0 Å². The van der Waals surface area contributed by atoms with Crippen molar-refractivity contribution >= 4 is 5.91 Å². The highest BCUT2D eigenvalue weighted by Gasteiger charge is 2.15. The Morgan fingerprint density at radius 2 is 1.65 bits per heavy atom. The van der Waals surface area contributed by atoms with Crippen LogP contribution in [0.2, 0.25) is 0 Å². The lowest BCUT2D eigenvalue weighted by Crippen LogP contribution is -2.27. The number of aryl methyl sites for hydroxylation is 1. The van der Waals surface area contributed by atoms with E-state index >= 15 is 0 Å². The van der Waals surface area contributed by atoms with Crippen molar-refractivity contribution in [1.29, 1.82) is 0 Å². The molecule has 0 aliphatic rings. The molecule has 0 saturated carbocycles. The largest absolute Gasteiger partial charge is 0.352 e. The smallest absolute Gasteiger partial charge is 0.220 e. The summed E-state index contributed by atoms with van der Waals surface area (Å²) in [5, 5.41) is 2.95. The molecule has 0 heterocycles. The lowest BCUT2D eigenvalue weighted by Gasteiger charge is -2.17. The van der Waals surface area contributed by atoms with E-state index in [2.05, 4.69) is 57.3 Å². The van der Waals surface area contributed by atoms with Crippen molar-refractivity contribution in [2.75, 3.05) is 0 Å². The van der Waals surface area contributed by atoms with Gasteiger partial charge in [0, 0.05) is 13.0 Å². The molecule has 2 heteroatoms. The van der Waals surface area contributed by atoms with Gasteiger partial charge in [0.2, 0.25) is 5.91 Å². The maximum Gasteiger partial charge on any atom is 0.220 e. The Morgan fingerprint density at radius 1 is 1.12 bits per heavy atom. The molecule has 1 N–H and O–H groups in total. The molecule has 1 rings (SSSR count). The van der Waals surface area contributed by atoms with E-state index in [4.69, 9.17) is 0 Å². The average molecular weight is 233 g/mol. The molecule has 94 valence electrons. The van der Waals surface area contributed by atoms with Crippen LogP contribution in [0, 0.1) is 5.41 Å². The molecule has 0 aliphatic heterocycles. The molecule has 0 bridgehead atoms. The van der Waals surface area contributed by atoms with E-state index < -0.39 is 0 Å². The zero-order valence-electron chi connectivity index (χ0n) is 11.3. The molecule has 1 aromatic carbocycles. The number of rotatable bonds is 4. The Kier molecular flexibility index (Phi) is 4.73. The Bertz CT molecular complexity index is 360. The number of carbonyl (C=O) groups is 1. The van der Waals surface area contributed by atoms with Crippen LogP contribution in [0.3, 0.4) is 0 Å². The van der Waals surface area contributed by atoms with Crippen molar-refractivity contribution in [2.24, 2.45) is 5.41 Å². The number of hydrogen-bond acceptors (Lipinski definition) is 1. The average Bonchev–Trinajstić information content (AvgIpc) is 2.25. The summed E-state index contributed by atoms with van der Waals surface area (Å²) in [6.07, 6.45) is 1.62. The third-order valence-electron chi connectivity index (χ3n) is 2.61. The number of nitrogens with one attached hydrogen (secondary N) is 1. The second-order valence-electron chi connectivity index (χ2n) is 5.68. The fraction of sp³-hybridized carbons (Fsp3) is 0.533. The molecule has 0 radical (unpaired) electrons. The van der Waals surface area contributed by atoms with Crippen LogP contribution in [0.4, 0.5) is 0 Å². The number of amides is 1. The molecular weight excluding hydrogens is 210 g/mol. The molecule has 17 heavy (non-hydrogen) atoms. The van der Waals surface area contributed by atoms with Crippen LogP contribution in [0.1, 0.15) is 45.2 Å². The summed E-state index contributed by atoms with van der Waals surface area (Å²) in [4.78, 5) is 11.6. The molecule has 0 aromatic heterocycles. The number of benzene rings is 1. The third-order valence-corrected chi connectivity index (χ3v) is 2.61. The fourth-order valence-corrected chi connectivity index (χ4v) is 1.64. The molecule has 0 saturated heterocycles. The molecule has 1 amide bonds. The number of hydrogen-bond donors (Lipinski definition) is 1. The van der Waals surface area contributed by atoms with Gasteiger partial charge in [0.25, 0.3) is 0 Å². The lowest BCUT2D eigenvalue weighted by atomic mass is 9.92. The Balaban J connectivity index is 2.42. The van der Waals surface area contributed by atoms with E-state index in [1.165, 1.54) is 5.56 Å². The zero-order chi connectivity index (χ0) is 12.9. The van der Waals surface area contributed by atoms with Gasteiger partial charge in [0.05, 0.1) is 0 Å². The molecule has 2 nitrogen and oxygen atoms in total. The topological polar surface area (TPSA) is 29.1 Å². The summed E-state index contributed by atoms with van der Waals surface area (Å²) < 4.78 is 0. The predicted octanol–water partition coefficient (Wildman–Crippen LogP) is 3.30. The van der Waals surface area contributed by atoms with Crippen molar-refractivity contribution in [1.82, 2.24) is 5.32 Å². The Labute approximate surface area is 104 Å². The van der Waals surface area contributed by atoms with Crippen molar-refractivity contribution < 1.29 is 4.79 Å². The molecule has 0 aliphatic carbocycles. The van der Waals surface area contributed by atoms with Gasteiger partial charge in [-0.3, -0.25) is 4.79 Å². The van der Waals surface area contributed by atoms with E-state index in [9.17, 15) is 4.79 Å². The second kappa shape index (κ2) is 5.85. The van der Waals surface area contributed by atoms with Gasteiger partial charge < -0.3 is 5.32 Å². The number of carbonyl (C=O) groups excluding carboxylic acids is 1. The molecular formula is C15H23NO.